The van der Waals surface area contributed by atoms with E-state index in [0.29, 0.717) is 0 Å². The van der Waals surface area contributed by atoms with E-state index in [1.54, 1.807) is 0 Å². The number of fused-ring (bicyclic) bond motifs is 1. The maximum atomic E-state index is 2.38. The molecule has 1 aliphatic heterocycles. The minimum atomic E-state index is 0.177. The summed E-state index contributed by atoms with van der Waals surface area (Å²) >= 11 is 0. The standard InChI is InChI=1S/C21H31N5/c1-22(2)16-12-10-9-11-15(16)21-25(7)19-13-17(23(3)4)18(24(5)6)14-20(19)26(21)8/h9-14,21H,1-8H3. The fraction of sp³-hybridized carbons (Fsp3) is 0.429. The van der Waals surface area contributed by atoms with E-state index in [1.165, 1.54) is 34.0 Å². The third-order valence-electron chi connectivity index (χ3n) is 5.23. The minimum Gasteiger partial charge on any atom is -0.377 e. The topological polar surface area (TPSA) is 16.2 Å². The highest BCUT2D eigenvalue weighted by Crippen LogP contribution is 2.50. The Morgan fingerprint density at radius 2 is 1.08 bits per heavy atom. The maximum Gasteiger partial charge on any atom is 0.130 e. The van der Waals surface area contributed by atoms with Gasteiger partial charge < -0.3 is 24.5 Å². The first-order chi connectivity index (χ1) is 12.2. The molecule has 0 spiro atoms. The van der Waals surface area contributed by atoms with Crippen molar-refractivity contribution in [3.63, 3.8) is 0 Å². The Morgan fingerprint density at radius 3 is 1.50 bits per heavy atom. The molecule has 5 heteroatoms. The Morgan fingerprint density at radius 1 is 0.654 bits per heavy atom. The molecule has 3 rings (SSSR count). The zero-order valence-corrected chi connectivity index (χ0v) is 17.3. The largest absolute Gasteiger partial charge is 0.377 e. The number of benzene rings is 2. The van der Waals surface area contributed by atoms with Gasteiger partial charge in [0, 0.05) is 67.6 Å². The van der Waals surface area contributed by atoms with Crippen molar-refractivity contribution in [3.05, 3.63) is 42.0 Å². The molecular weight excluding hydrogens is 322 g/mol. The van der Waals surface area contributed by atoms with Gasteiger partial charge >= 0.3 is 0 Å². The SMILES string of the molecule is CN(C)c1ccccc1C1N(C)c2cc(N(C)C)c(N(C)C)cc2N1C. The highest BCUT2D eigenvalue weighted by Gasteiger charge is 2.35. The van der Waals surface area contributed by atoms with Gasteiger partial charge in [0.05, 0.1) is 22.7 Å². The number of anilines is 5. The number of para-hydroxylation sites is 1. The summed E-state index contributed by atoms with van der Waals surface area (Å²) in [5.74, 6) is 0. The zero-order valence-electron chi connectivity index (χ0n) is 17.3. The van der Waals surface area contributed by atoms with E-state index in [9.17, 15) is 0 Å². The van der Waals surface area contributed by atoms with Crippen LogP contribution in [0.25, 0.3) is 0 Å². The average molecular weight is 354 g/mol. The predicted molar refractivity (Wildman–Crippen MR) is 115 cm³/mol. The van der Waals surface area contributed by atoms with Crippen LogP contribution in [-0.2, 0) is 0 Å². The van der Waals surface area contributed by atoms with Crippen molar-refractivity contribution in [2.24, 2.45) is 0 Å². The first kappa shape index (κ1) is 18.2. The lowest BCUT2D eigenvalue weighted by Crippen LogP contribution is -2.32. The van der Waals surface area contributed by atoms with Crippen LogP contribution in [0.1, 0.15) is 11.7 Å². The van der Waals surface area contributed by atoms with Crippen LogP contribution in [0.3, 0.4) is 0 Å². The summed E-state index contributed by atoms with van der Waals surface area (Å²) in [6.45, 7) is 0. The van der Waals surface area contributed by atoms with E-state index in [4.69, 9.17) is 0 Å². The molecule has 26 heavy (non-hydrogen) atoms. The van der Waals surface area contributed by atoms with Crippen LogP contribution in [0.15, 0.2) is 36.4 Å². The molecule has 0 saturated heterocycles. The van der Waals surface area contributed by atoms with Gasteiger partial charge in [-0.05, 0) is 18.2 Å². The molecule has 140 valence electrons. The van der Waals surface area contributed by atoms with Crippen LogP contribution in [-0.4, -0.2) is 56.4 Å². The average Bonchev–Trinajstić information content (AvgIpc) is 2.84. The molecule has 2 aromatic carbocycles. The number of rotatable bonds is 4. The molecule has 1 heterocycles. The molecule has 0 atom stereocenters. The lowest BCUT2D eigenvalue weighted by molar-refractivity contribution is 0.693. The van der Waals surface area contributed by atoms with Crippen molar-refractivity contribution in [1.82, 2.24) is 0 Å². The lowest BCUT2D eigenvalue weighted by Gasteiger charge is -2.31. The molecule has 1 aliphatic rings. The molecule has 5 nitrogen and oxygen atoms in total. The molecular formula is C21H31N5. The Labute approximate surface area is 158 Å². The smallest absolute Gasteiger partial charge is 0.130 e. The Hall–Kier alpha value is -2.56. The van der Waals surface area contributed by atoms with E-state index in [2.05, 4.69) is 117 Å². The van der Waals surface area contributed by atoms with Crippen molar-refractivity contribution < 1.29 is 0 Å². The van der Waals surface area contributed by atoms with Crippen LogP contribution in [0, 0.1) is 0 Å². The second-order valence-corrected chi connectivity index (χ2v) is 7.67. The fourth-order valence-electron chi connectivity index (χ4n) is 3.89. The van der Waals surface area contributed by atoms with E-state index in [-0.39, 0.29) is 6.17 Å². The summed E-state index contributed by atoms with van der Waals surface area (Å²) in [6, 6.07) is 13.3. The molecule has 0 N–H and O–H groups in total. The fourth-order valence-corrected chi connectivity index (χ4v) is 3.89. The predicted octanol–water partition coefficient (Wildman–Crippen LogP) is 3.47. The van der Waals surface area contributed by atoms with Gasteiger partial charge in [0.25, 0.3) is 0 Å². The van der Waals surface area contributed by atoms with Crippen molar-refractivity contribution in [3.8, 4) is 0 Å². The highest BCUT2D eigenvalue weighted by molar-refractivity contribution is 5.89. The van der Waals surface area contributed by atoms with Crippen LogP contribution in [0.5, 0.6) is 0 Å². The van der Waals surface area contributed by atoms with E-state index in [0.717, 1.165) is 0 Å². The first-order valence-corrected chi connectivity index (χ1v) is 8.98. The molecule has 0 amide bonds. The number of hydrogen-bond acceptors (Lipinski definition) is 5. The van der Waals surface area contributed by atoms with Gasteiger partial charge in [-0.25, -0.2) is 0 Å². The second-order valence-electron chi connectivity index (χ2n) is 7.67. The summed E-state index contributed by atoms with van der Waals surface area (Å²) in [7, 11) is 17.0. The van der Waals surface area contributed by atoms with Gasteiger partial charge in [0.2, 0.25) is 0 Å². The zero-order chi connectivity index (χ0) is 19.2. The van der Waals surface area contributed by atoms with Gasteiger partial charge in [-0.3, -0.25) is 0 Å². The van der Waals surface area contributed by atoms with Crippen molar-refractivity contribution in [1.29, 1.82) is 0 Å². The third-order valence-corrected chi connectivity index (χ3v) is 5.23. The molecule has 0 radical (unpaired) electrons. The Balaban J connectivity index is 2.14. The van der Waals surface area contributed by atoms with Crippen LogP contribution in [0.2, 0.25) is 0 Å². The summed E-state index contributed by atoms with van der Waals surface area (Å²) in [6.07, 6.45) is 0.177. The van der Waals surface area contributed by atoms with Gasteiger partial charge in [-0.2, -0.15) is 0 Å². The van der Waals surface area contributed by atoms with Crippen molar-refractivity contribution in [2.45, 2.75) is 6.17 Å². The molecule has 2 aromatic rings. The number of hydrogen-bond donors (Lipinski definition) is 0. The Bertz CT molecular complexity index is 756. The molecule has 0 saturated carbocycles. The summed E-state index contributed by atoms with van der Waals surface area (Å²) in [5.41, 5.74) is 7.56. The Kier molecular flexibility index (Phi) is 4.65. The third kappa shape index (κ3) is 2.81. The van der Waals surface area contributed by atoms with Crippen molar-refractivity contribution in [2.75, 3.05) is 80.9 Å². The summed E-state index contributed by atoms with van der Waals surface area (Å²) < 4.78 is 0. The quantitative estimate of drug-likeness (QED) is 0.834. The van der Waals surface area contributed by atoms with Gasteiger partial charge in [-0.1, -0.05) is 18.2 Å². The van der Waals surface area contributed by atoms with Gasteiger partial charge in [0.15, 0.2) is 0 Å². The van der Waals surface area contributed by atoms with E-state index >= 15 is 0 Å². The first-order valence-electron chi connectivity index (χ1n) is 8.98. The van der Waals surface area contributed by atoms with Crippen molar-refractivity contribution >= 4 is 28.4 Å². The summed E-state index contributed by atoms with van der Waals surface area (Å²) in [5, 5.41) is 0. The van der Waals surface area contributed by atoms with E-state index in [1.807, 2.05) is 0 Å². The molecule has 0 aliphatic carbocycles. The van der Waals surface area contributed by atoms with Crippen LogP contribution >= 0.6 is 0 Å². The molecule has 0 aromatic heterocycles. The number of nitrogens with zero attached hydrogens (tertiary/aromatic N) is 5. The normalized spacial score (nSPS) is 13.8. The monoisotopic (exact) mass is 353 g/mol. The molecule has 0 bridgehead atoms. The van der Waals surface area contributed by atoms with Crippen LogP contribution in [0.4, 0.5) is 28.4 Å². The maximum absolute atomic E-state index is 2.38. The van der Waals surface area contributed by atoms with Gasteiger partial charge in [-0.15, -0.1) is 0 Å². The van der Waals surface area contributed by atoms with Crippen LogP contribution < -0.4 is 24.5 Å². The van der Waals surface area contributed by atoms with E-state index < -0.39 is 0 Å². The molecule has 0 fully saturated rings. The minimum absolute atomic E-state index is 0.177. The van der Waals surface area contributed by atoms with Gasteiger partial charge in [0.1, 0.15) is 6.17 Å². The second kappa shape index (κ2) is 6.63. The molecule has 0 unspecified atom stereocenters. The highest BCUT2D eigenvalue weighted by atomic mass is 15.4. The summed E-state index contributed by atoms with van der Waals surface area (Å²) in [4.78, 5) is 11.3. The lowest BCUT2D eigenvalue weighted by atomic mass is 10.1.